The van der Waals surface area contributed by atoms with Crippen LogP contribution in [0.3, 0.4) is 0 Å². The summed E-state index contributed by atoms with van der Waals surface area (Å²) >= 11 is 0. The van der Waals surface area contributed by atoms with Crippen LogP contribution in [0.15, 0.2) is 0 Å². The van der Waals surface area contributed by atoms with Gasteiger partial charge in [0.1, 0.15) is 0 Å². The molecule has 1 fully saturated rings. The van der Waals surface area contributed by atoms with Gasteiger partial charge in [-0.25, -0.2) is 0 Å². The van der Waals surface area contributed by atoms with Crippen LogP contribution in [0, 0.1) is 0 Å². The van der Waals surface area contributed by atoms with Crippen LogP contribution < -0.4 is 0 Å². The molecule has 11 heteroatoms. The molecule has 0 saturated carbocycles. The standard InChI is InChI=1S/C14H19F9O2/c15-11(16,12(17,18)13(19,20)14(21,22)23)7-3-1-2-4-8-24-10-6-5-9-25-10/h10H,1-9H2. The number of hydrogen-bond donors (Lipinski definition) is 0. The molecule has 0 aromatic heterocycles. The minimum atomic E-state index is -6.81. The summed E-state index contributed by atoms with van der Waals surface area (Å²) in [5.41, 5.74) is 0. The molecule has 0 aliphatic carbocycles. The third kappa shape index (κ3) is 5.38. The molecular formula is C14H19F9O2. The van der Waals surface area contributed by atoms with Gasteiger partial charge in [-0.05, 0) is 19.3 Å². The second-order valence-electron chi connectivity index (χ2n) is 5.83. The second kappa shape index (κ2) is 8.32. The molecule has 1 heterocycles. The topological polar surface area (TPSA) is 18.5 Å². The maximum absolute atomic E-state index is 13.2. The lowest BCUT2D eigenvalue weighted by atomic mass is 9.98. The molecule has 0 aromatic rings. The summed E-state index contributed by atoms with van der Waals surface area (Å²) < 4.78 is 124. The van der Waals surface area contributed by atoms with Crippen LogP contribution in [0.5, 0.6) is 0 Å². The Hall–Kier alpha value is -0.710. The first-order chi connectivity index (χ1) is 11.3. The van der Waals surface area contributed by atoms with Crippen LogP contribution in [0.2, 0.25) is 0 Å². The minimum absolute atomic E-state index is 0.0296. The number of unbranched alkanes of at least 4 members (excludes halogenated alkanes) is 3. The van der Waals surface area contributed by atoms with Gasteiger partial charge in [0.2, 0.25) is 0 Å². The van der Waals surface area contributed by atoms with E-state index in [9.17, 15) is 39.5 Å². The predicted octanol–water partition coefficient (Wildman–Crippen LogP) is 5.56. The van der Waals surface area contributed by atoms with Crippen molar-refractivity contribution in [3.8, 4) is 0 Å². The second-order valence-corrected chi connectivity index (χ2v) is 5.83. The van der Waals surface area contributed by atoms with E-state index >= 15 is 0 Å². The van der Waals surface area contributed by atoms with Gasteiger partial charge in [0.25, 0.3) is 0 Å². The first-order valence-electron chi connectivity index (χ1n) is 7.76. The Balaban J connectivity index is 2.34. The van der Waals surface area contributed by atoms with Gasteiger partial charge in [0.05, 0.1) is 0 Å². The quantitative estimate of drug-likeness (QED) is 0.359. The van der Waals surface area contributed by atoms with Crippen molar-refractivity contribution in [2.45, 2.75) is 75.2 Å². The van der Waals surface area contributed by atoms with Gasteiger partial charge in [-0.2, -0.15) is 39.5 Å². The van der Waals surface area contributed by atoms with Crippen molar-refractivity contribution in [1.82, 2.24) is 0 Å². The molecule has 150 valence electrons. The minimum Gasteiger partial charge on any atom is -0.353 e. The van der Waals surface area contributed by atoms with Gasteiger partial charge in [-0.3, -0.25) is 0 Å². The highest BCUT2D eigenvalue weighted by molar-refractivity contribution is 5.00. The Morgan fingerprint density at radius 3 is 1.92 bits per heavy atom. The molecule has 0 spiro atoms. The van der Waals surface area contributed by atoms with Gasteiger partial charge in [0, 0.05) is 26.1 Å². The molecule has 1 atom stereocenters. The molecule has 2 nitrogen and oxygen atoms in total. The fourth-order valence-electron chi connectivity index (χ4n) is 2.26. The van der Waals surface area contributed by atoms with Crippen LogP contribution in [-0.4, -0.2) is 43.4 Å². The van der Waals surface area contributed by atoms with Crippen molar-refractivity contribution in [3.05, 3.63) is 0 Å². The maximum Gasteiger partial charge on any atom is 0.460 e. The lowest BCUT2D eigenvalue weighted by molar-refractivity contribution is -0.396. The zero-order chi connectivity index (χ0) is 19.4. The first-order valence-corrected chi connectivity index (χ1v) is 7.76. The molecule has 1 aliphatic rings. The van der Waals surface area contributed by atoms with Crippen LogP contribution in [-0.2, 0) is 9.47 Å². The third-order valence-corrected chi connectivity index (χ3v) is 3.79. The van der Waals surface area contributed by atoms with Crippen molar-refractivity contribution < 1.29 is 49.0 Å². The Morgan fingerprint density at radius 2 is 1.40 bits per heavy atom. The molecule has 0 radical (unpaired) electrons. The van der Waals surface area contributed by atoms with E-state index in [2.05, 4.69) is 0 Å². The van der Waals surface area contributed by atoms with Crippen LogP contribution >= 0.6 is 0 Å². The summed E-state index contributed by atoms with van der Waals surface area (Å²) in [6.45, 7) is 0.833. The summed E-state index contributed by atoms with van der Waals surface area (Å²) in [6.07, 6.45) is -7.23. The molecule has 1 rings (SSSR count). The maximum atomic E-state index is 13.2. The fraction of sp³-hybridized carbons (Fsp3) is 1.00. The van der Waals surface area contributed by atoms with E-state index in [4.69, 9.17) is 9.47 Å². The van der Waals surface area contributed by atoms with Gasteiger partial charge < -0.3 is 9.47 Å². The van der Waals surface area contributed by atoms with Crippen LogP contribution in [0.25, 0.3) is 0 Å². The molecule has 1 aliphatic heterocycles. The number of hydrogen-bond acceptors (Lipinski definition) is 2. The number of alkyl halides is 9. The molecule has 0 amide bonds. The Labute approximate surface area is 138 Å². The molecule has 0 N–H and O–H groups in total. The van der Waals surface area contributed by atoms with Crippen molar-refractivity contribution in [1.29, 1.82) is 0 Å². The van der Waals surface area contributed by atoms with Crippen molar-refractivity contribution in [2.75, 3.05) is 13.2 Å². The summed E-state index contributed by atoms with van der Waals surface area (Å²) in [5.74, 6) is -18.8. The first kappa shape index (κ1) is 22.3. The monoisotopic (exact) mass is 390 g/mol. The van der Waals surface area contributed by atoms with E-state index in [-0.39, 0.29) is 25.7 Å². The highest BCUT2D eigenvalue weighted by atomic mass is 19.4. The largest absolute Gasteiger partial charge is 0.460 e. The summed E-state index contributed by atoms with van der Waals surface area (Å²) in [5, 5.41) is 0. The van der Waals surface area contributed by atoms with E-state index < -0.39 is 36.8 Å². The van der Waals surface area contributed by atoms with E-state index in [1.807, 2.05) is 0 Å². The summed E-state index contributed by atoms with van der Waals surface area (Å²) in [7, 11) is 0. The van der Waals surface area contributed by atoms with Crippen LogP contribution in [0.4, 0.5) is 39.5 Å². The SMILES string of the molecule is FC(F)(F)C(F)(F)C(F)(F)C(F)(F)CCCCCCOC1CCCO1. The third-order valence-electron chi connectivity index (χ3n) is 3.79. The van der Waals surface area contributed by atoms with E-state index in [0.29, 0.717) is 13.0 Å². The van der Waals surface area contributed by atoms with E-state index in [1.165, 1.54) is 0 Å². The molecule has 0 bridgehead atoms. The molecule has 25 heavy (non-hydrogen) atoms. The zero-order valence-electron chi connectivity index (χ0n) is 13.2. The highest BCUT2D eigenvalue weighted by Crippen LogP contribution is 2.54. The summed E-state index contributed by atoms with van der Waals surface area (Å²) in [4.78, 5) is 0. The molecule has 0 aromatic carbocycles. The average Bonchev–Trinajstić information content (AvgIpc) is 2.97. The lowest BCUT2D eigenvalue weighted by Gasteiger charge is -2.33. The van der Waals surface area contributed by atoms with Gasteiger partial charge >= 0.3 is 23.9 Å². The number of rotatable bonds is 10. The Morgan fingerprint density at radius 1 is 0.800 bits per heavy atom. The molecule has 1 saturated heterocycles. The Bertz CT molecular complexity index is 404. The lowest BCUT2D eigenvalue weighted by Crippen LogP contribution is -2.60. The normalized spacial score (nSPS) is 20.3. The number of halogens is 9. The van der Waals surface area contributed by atoms with E-state index in [1.54, 1.807) is 0 Å². The van der Waals surface area contributed by atoms with Gasteiger partial charge in [0.15, 0.2) is 6.29 Å². The van der Waals surface area contributed by atoms with Gasteiger partial charge in [-0.1, -0.05) is 12.8 Å². The summed E-state index contributed by atoms with van der Waals surface area (Å²) in [6, 6.07) is 0. The zero-order valence-corrected chi connectivity index (χ0v) is 13.2. The van der Waals surface area contributed by atoms with Crippen molar-refractivity contribution in [3.63, 3.8) is 0 Å². The van der Waals surface area contributed by atoms with Crippen molar-refractivity contribution >= 4 is 0 Å². The highest BCUT2D eigenvalue weighted by Gasteiger charge is 2.81. The van der Waals surface area contributed by atoms with Crippen LogP contribution in [0.1, 0.15) is 44.9 Å². The number of ether oxygens (including phenoxy) is 2. The molecule has 1 unspecified atom stereocenters. The fourth-order valence-corrected chi connectivity index (χ4v) is 2.26. The predicted molar refractivity (Wildman–Crippen MR) is 68.9 cm³/mol. The van der Waals surface area contributed by atoms with Crippen molar-refractivity contribution in [2.24, 2.45) is 0 Å². The Kier molecular flexibility index (Phi) is 7.43. The molecular weight excluding hydrogens is 371 g/mol. The smallest absolute Gasteiger partial charge is 0.353 e. The average molecular weight is 390 g/mol. The van der Waals surface area contributed by atoms with Gasteiger partial charge in [-0.15, -0.1) is 0 Å². The van der Waals surface area contributed by atoms with E-state index in [0.717, 1.165) is 12.8 Å².